The molecule has 8 nitrogen and oxygen atoms in total. The molecule has 0 aliphatic carbocycles. The zero-order valence-corrected chi connectivity index (χ0v) is 18.3. The van der Waals surface area contributed by atoms with Gasteiger partial charge in [0.05, 0.1) is 22.6 Å². The van der Waals surface area contributed by atoms with Crippen molar-refractivity contribution in [3.8, 4) is 0 Å². The number of esters is 1. The second-order valence-electron chi connectivity index (χ2n) is 7.17. The van der Waals surface area contributed by atoms with Crippen LogP contribution in [0.15, 0.2) is 53.9 Å². The molecule has 0 atom stereocenters. The molecular weight excluding hydrogens is 449 g/mol. The topological polar surface area (TPSA) is 96.9 Å². The summed E-state index contributed by atoms with van der Waals surface area (Å²) in [4.78, 5) is 54.7. The van der Waals surface area contributed by atoms with Gasteiger partial charge in [-0.3, -0.25) is 24.2 Å². The molecule has 33 heavy (non-hydrogen) atoms. The van der Waals surface area contributed by atoms with Crippen molar-refractivity contribution in [3.05, 3.63) is 71.0 Å². The van der Waals surface area contributed by atoms with Gasteiger partial charge in [-0.15, -0.1) is 11.3 Å². The van der Waals surface area contributed by atoms with Crippen LogP contribution in [0.4, 0.5) is 20.9 Å². The largest absolute Gasteiger partial charge is 0.456 e. The summed E-state index contributed by atoms with van der Waals surface area (Å²) in [6.45, 7) is 1.16. The number of benzene rings is 2. The number of hydrogen-bond acceptors (Lipinski definition) is 7. The molecule has 0 bridgehead atoms. The molecule has 1 aliphatic rings. The van der Waals surface area contributed by atoms with Gasteiger partial charge in [0, 0.05) is 25.1 Å². The third kappa shape index (κ3) is 4.65. The number of halogens is 1. The molecule has 1 fully saturated rings. The lowest BCUT2D eigenvalue weighted by Crippen LogP contribution is -2.28. The number of thiazole rings is 1. The Labute approximate surface area is 192 Å². The van der Waals surface area contributed by atoms with Crippen LogP contribution >= 0.6 is 11.3 Å². The van der Waals surface area contributed by atoms with Gasteiger partial charge >= 0.3 is 5.97 Å². The van der Waals surface area contributed by atoms with Crippen molar-refractivity contribution in [2.45, 2.75) is 26.4 Å². The first-order valence-corrected chi connectivity index (χ1v) is 10.9. The molecule has 1 saturated heterocycles. The number of ether oxygens (including phenoxy) is 1. The van der Waals surface area contributed by atoms with Crippen LogP contribution in [0.5, 0.6) is 0 Å². The van der Waals surface area contributed by atoms with E-state index in [-0.39, 0.29) is 47.6 Å². The molecule has 2 heterocycles. The lowest BCUT2D eigenvalue weighted by atomic mass is 10.2. The molecule has 0 unspecified atom stereocenters. The third-order valence-corrected chi connectivity index (χ3v) is 5.78. The molecule has 10 heteroatoms. The van der Waals surface area contributed by atoms with Crippen molar-refractivity contribution in [1.82, 2.24) is 4.98 Å². The van der Waals surface area contributed by atoms with E-state index in [2.05, 4.69) is 4.98 Å². The van der Waals surface area contributed by atoms with Gasteiger partial charge in [-0.25, -0.2) is 14.2 Å². The minimum atomic E-state index is -0.618. The van der Waals surface area contributed by atoms with Crippen LogP contribution in [0.25, 0.3) is 0 Å². The maximum absolute atomic E-state index is 14.2. The number of imide groups is 1. The smallest absolute Gasteiger partial charge is 0.338 e. The summed E-state index contributed by atoms with van der Waals surface area (Å²) in [5, 5.41) is 1.87. The minimum Gasteiger partial charge on any atom is -0.456 e. The van der Waals surface area contributed by atoms with Crippen LogP contribution in [0, 0.1) is 5.82 Å². The molecule has 1 aliphatic heterocycles. The number of nitrogens with zero attached hydrogens (tertiary/aromatic N) is 3. The highest BCUT2D eigenvalue weighted by Gasteiger charge is 2.30. The van der Waals surface area contributed by atoms with E-state index in [0.29, 0.717) is 11.4 Å². The van der Waals surface area contributed by atoms with Gasteiger partial charge in [-0.2, -0.15) is 0 Å². The van der Waals surface area contributed by atoms with Gasteiger partial charge in [0.1, 0.15) is 12.4 Å². The Morgan fingerprint density at radius 3 is 2.39 bits per heavy atom. The Bertz CT molecular complexity index is 1220. The first-order valence-electron chi connectivity index (χ1n) is 9.98. The van der Waals surface area contributed by atoms with Gasteiger partial charge in [0.15, 0.2) is 5.13 Å². The third-order valence-electron chi connectivity index (χ3n) is 4.90. The number of para-hydroxylation sites is 1. The number of anilines is 3. The lowest BCUT2D eigenvalue weighted by molar-refractivity contribution is -0.121. The fourth-order valence-electron chi connectivity index (χ4n) is 3.34. The standard InChI is InChI=1S/C23H18FN3O5S/c1-14(28)26(19-5-3-2-4-18(19)24)23-25-16(13-33-23)12-32-22(31)15-6-8-17(9-7-15)27-20(29)10-11-21(27)30/h2-9,13H,10-12H2,1H3. The van der Waals surface area contributed by atoms with Gasteiger partial charge in [-0.1, -0.05) is 12.1 Å². The van der Waals surface area contributed by atoms with Crippen LogP contribution in [0.1, 0.15) is 35.8 Å². The average Bonchev–Trinajstić information content (AvgIpc) is 3.39. The first kappa shape index (κ1) is 22.3. The summed E-state index contributed by atoms with van der Waals surface area (Å²) in [5.41, 5.74) is 1.12. The Morgan fingerprint density at radius 1 is 1.09 bits per heavy atom. The van der Waals surface area contributed by atoms with E-state index in [4.69, 9.17) is 4.74 Å². The number of rotatable bonds is 6. The number of hydrogen-bond donors (Lipinski definition) is 0. The molecule has 0 radical (unpaired) electrons. The summed E-state index contributed by atoms with van der Waals surface area (Å²) in [5.74, 6) is -2.13. The average molecular weight is 467 g/mol. The Morgan fingerprint density at radius 2 is 1.76 bits per heavy atom. The molecule has 3 aromatic rings. The Kier molecular flexibility index (Phi) is 6.27. The van der Waals surface area contributed by atoms with E-state index in [0.717, 1.165) is 21.1 Å². The van der Waals surface area contributed by atoms with Gasteiger partial charge < -0.3 is 4.74 Å². The molecule has 0 saturated carbocycles. The van der Waals surface area contributed by atoms with Crippen molar-refractivity contribution in [2.24, 2.45) is 0 Å². The highest BCUT2D eigenvalue weighted by atomic mass is 32.1. The SMILES string of the molecule is CC(=O)N(c1nc(COC(=O)c2ccc(N3C(=O)CCC3=O)cc2)cs1)c1ccccc1F. The molecule has 4 rings (SSSR count). The van der Waals surface area contributed by atoms with Crippen molar-refractivity contribution in [1.29, 1.82) is 0 Å². The van der Waals surface area contributed by atoms with Crippen LogP contribution in [-0.2, 0) is 25.7 Å². The highest BCUT2D eigenvalue weighted by Crippen LogP contribution is 2.31. The summed E-state index contributed by atoms with van der Waals surface area (Å²) >= 11 is 1.12. The molecule has 168 valence electrons. The van der Waals surface area contributed by atoms with E-state index in [1.807, 2.05) is 0 Å². The quantitative estimate of drug-likeness (QED) is 0.402. The molecular formula is C23H18FN3O5S. The normalized spacial score (nSPS) is 13.3. The summed E-state index contributed by atoms with van der Waals surface area (Å²) < 4.78 is 19.5. The molecule has 3 amide bonds. The second kappa shape index (κ2) is 9.29. The number of aromatic nitrogens is 1. The van der Waals surface area contributed by atoms with Gasteiger partial charge in [0.2, 0.25) is 17.7 Å². The Balaban J connectivity index is 1.42. The summed E-state index contributed by atoms with van der Waals surface area (Å²) in [6.07, 6.45) is 0.354. The molecule has 1 aromatic heterocycles. The van der Waals surface area contributed by atoms with Gasteiger partial charge in [0.25, 0.3) is 0 Å². The molecule has 0 N–H and O–H groups in total. The molecule has 2 aromatic carbocycles. The van der Waals surface area contributed by atoms with Gasteiger partial charge in [-0.05, 0) is 36.4 Å². The van der Waals surface area contributed by atoms with Crippen molar-refractivity contribution in [2.75, 3.05) is 9.80 Å². The number of carbonyl (C=O) groups excluding carboxylic acids is 4. The first-order chi connectivity index (χ1) is 15.8. The van der Waals surface area contributed by atoms with E-state index < -0.39 is 17.7 Å². The van der Waals surface area contributed by atoms with E-state index in [9.17, 15) is 23.6 Å². The highest BCUT2D eigenvalue weighted by molar-refractivity contribution is 7.14. The fourth-order valence-corrected chi connectivity index (χ4v) is 4.20. The minimum absolute atomic E-state index is 0.0814. The maximum atomic E-state index is 14.2. The fraction of sp³-hybridized carbons (Fsp3) is 0.174. The maximum Gasteiger partial charge on any atom is 0.338 e. The summed E-state index contributed by atoms with van der Waals surface area (Å²) in [7, 11) is 0. The van der Waals surface area contributed by atoms with E-state index in [1.165, 1.54) is 49.4 Å². The second-order valence-corrected chi connectivity index (χ2v) is 8.01. The van der Waals surface area contributed by atoms with E-state index >= 15 is 0 Å². The zero-order valence-electron chi connectivity index (χ0n) is 17.5. The van der Waals surface area contributed by atoms with E-state index in [1.54, 1.807) is 11.4 Å². The predicted molar refractivity (Wildman–Crippen MR) is 119 cm³/mol. The van der Waals surface area contributed by atoms with Crippen LogP contribution in [0.3, 0.4) is 0 Å². The summed E-state index contributed by atoms with van der Waals surface area (Å²) in [6, 6.07) is 11.8. The monoisotopic (exact) mass is 467 g/mol. The van der Waals surface area contributed by atoms with Crippen molar-refractivity contribution < 1.29 is 28.3 Å². The molecule has 0 spiro atoms. The zero-order chi connectivity index (χ0) is 23.5. The van der Waals surface area contributed by atoms with Crippen molar-refractivity contribution >= 4 is 51.5 Å². The number of amides is 3. The van der Waals surface area contributed by atoms with Crippen LogP contribution in [-0.4, -0.2) is 28.7 Å². The Hall–Kier alpha value is -3.92. The van der Waals surface area contributed by atoms with Crippen LogP contribution < -0.4 is 9.80 Å². The predicted octanol–water partition coefficient (Wildman–Crippen LogP) is 3.98. The number of carbonyl (C=O) groups is 4. The van der Waals surface area contributed by atoms with Crippen LogP contribution in [0.2, 0.25) is 0 Å². The van der Waals surface area contributed by atoms with Crippen molar-refractivity contribution in [3.63, 3.8) is 0 Å². The lowest BCUT2D eigenvalue weighted by Gasteiger charge is -2.18.